The number of allylic oxidation sites excluding steroid dienone is 1. The van der Waals surface area contributed by atoms with Gasteiger partial charge in [0.25, 0.3) is 0 Å². The molecule has 0 saturated heterocycles. The van der Waals surface area contributed by atoms with Crippen molar-refractivity contribution < 1.29 is 4.79 Å². The van der Waals surface area contributed by atoms with E-state index in [9.17, 15) is 4.79 Å². The zero-order valence-electron chi connectivity index (χ0n) is 9.01. The van der Waals surface area contributed by atoms with E-state index in [0.29, 0.717) is 0 Å². The summed E-state index contributed by atoms with van der Waals surface area (Å²) in [7, 11) is 0. The van der Waals surface area contributed by atoms with Gasteiger partial charge in [0, 0.05) is 0 Å². The monoisotopic (exact) mass is 228 g/mol. The van der Waals surface area contributed by atoms with E-state index < -0.39 is 0 Å². The van der Waals surface area contributed by atoms with Gasteiger partial charge in [-0.3, -0.25) is 4.79 Å². The number of carbonyl (C=O) groups is 1. The molecule has 0 unspecified atom stereocenters. The van der Waals surface area contributed by atoms with Gasteiger partial charge in [0.1, 0.15) is 0 Å². The maximum absolute atomic E-state index is 11.8. The van der Waals surface area contributed by atoms with Crippen LogP contribution in [-0.4, -0.2) is 5.78 Å². The molecular formula is C14H12OS. The van der Waals surface area contributed by atoms with Crippen LogP contribution in [0.5, 0.6) is 0 Å². The Kier molecular flexibility index (Phi) is 3.32. The first-order valence-electron chi connectivity index (χ1n) is 5.09. The first-order chi connectivity index (χ1) is 7.77. The molecule has 1 aromatic carbocycles. The average Bonchev–Trinajstić information content (AvgIpc) is 2.74. The van der Waals surface area contributed by atoms with E-state index in [1.165, 1.54) is 11.3 Å². The smallest absolute Gasteiger partial charge is 0.196 e. The molecule has 2 heteroatoms. The Bertz CT molecular complexity index is 509. The summed E-state index contributed by atoms with van der Waals surface area (Å²) in [5.74, 6) is 0.0800. The van der Waals surface area contributed by atoms with Crippen LogP contribution in [0.2, 0.25) is 0 Å². The Labute approximate surface area is 99.1 Å². The highest BCUT2D eigenvalue weighted by molar-refractivity contribution is 7.12. The second kappa shape index (κ2) is 4.90. The Hall–Kier alpha value is -1.67. The molecular weight excluding hydrogens is 216 g/mol. The van der Waals surface area contributed by atoms with Crippen LogP contribution in [0.3, 0.4) is 0 Å². The predicted molar refractivity (Wildman–Crippen MR) is 68.9 cm³/mol. The van der Waals surface area contributed by atoms with E-state index in [4.69, 9.17) is 0 Å². The summed E-state index contributed by atoms with van der Waals surface area (Å²) in [5, 5.41) is 1.94. The summed E-state index contributed by atoms with van der Waals surface area (Å²) in [5.41, 5.74) is 2.10. The van der Waals surface area contributed by atoms with Gasteiger partial charge in [0.2, 0.25) is 0 Å². The van der Waals surface area contributed by atoms with Gasteiger partial charge in [-0.1, -0.05) is 36.4 Å². The van der Waals surface area contributed by atoms with E-state index in [1.807, 2.05) is 54.8 Å². The van der Waals surface area contributed by atoms with E-state index in [2.05, 4.69) is 0 Å². The van der Waals surface area contributed by atoms with Gasteiger partial charge >= 0.3 is 0 Å². The molecule has 80 valence electrons. The fourth-order valence-electron chi connectivity index (χ4n) is 1.44. The Morgan fingerprint density at radius 1 is 1.19 bits per heavy atom. The average molecular weight is 228 g/mol. The van der Waals surface area contributed by atoms with E-state index in [1.54, 1.807) is 6.08 Å². The summed E-state index contributed by atoms with van der Waals surface area (Å²) in [6, 6.07) is 11.8. The van der Waals surface area contributed by atoms with Crippen LogP contribution in [0.25, 0.3) is 6.08 Å². The zero-order valence-corrected chi connectivity index (χ0v) is 9.83. The van der Waals surface area contributed by atoms with Crippen LogP contribution in [0.4, 0.5) is 0 Å². The number of hydrogen-bond donors (Lipinski definition) is 0. The highest BCUT2D eigenvalue weighted by Gasteiger charge is 2.06. The number of ketones is 1. The maximum atomic E-state index is 11.8. The van der Waals surface area contributed by atoms with Crippen molar-refractivity contribution in [3.63, 3.8) is 0 Å². The molecule has 0 radical (unpaired) electrons. The molecule has 0 aliphatic rings. The van der Waals surface area contributed by atoms with E-state index >= 15 is 0 Å². The number of benzene rings is 1. The molecule has 0 aliphatic carbocycles. The number of thiophene rings is 1. The lowest BCUT2D eigenvalue weighted by atomic mass is 10.1. The van der Waals surface area contributed by atoms with Crippen molar-refractivity contribution in [3.8, 4) is 0 Å². The normalized spacial score (nSPS) is 10.8. The van der Waals surface area contributed by atoms with E-state index in [-0.39, 0.29) is 5.78 Å². The van der Waals surface area contributed by atoms with Crippen molar-refractivity contribution in [2.24, 2.45) is 0 Å². The van der Waals surface area contributed by atoms with Crippen LogP contribution in [0.1, 0.15) is 20.8 Å². The highest BCUT2D eigenvalue weighted by atomic mass is 32.1. The fraction of sp³-hybridized carbons (Fsp3) is 0.0714. The van der Waals surface area contributed by atoms with Crippen molar-refractivity contribution in [2.75, 3.05) is 0 Å². The standard InChI is InChI=1S/C14H12OS/c1-11-9-10-16-14(11)13(15)8-7-12-5-3-2-4-6-12/h2-10H,1H3/b8-7+. The van der Waals surface area contributed by atoms with Crippen molar-refractivity contribution in [1.82, 2.24) is 0 Å². The first kappa shape index (κ1) is 10.8. The number of aryl methyl sites for hydroxylation is 1. The topological polar surface area (TPSA) is 17.1 Å². The van der Waals surface area contributed by atoms with Crippen molar-refractivity contribution in [1.29, 1.82) is 0 Å². The fourth-order valence-corrected chi connectivity index (χ4v) is 2.28. The molecule has 1 nitrogen and oxygen atoms in total. The molecule has 2 aromatic rings. The lowest BCUT2D eigenvalue weighted by Crippen LogP contribution is -1.91. The summed E-state index contributed by atoms with van der Waals surface area (Å²) < 4.78 is 0. The first-order valence-corrected chi connectivity index (χ1v) is 5.97. The maximum Gasteiger partial charge on any atom is 0.196 e. The summed E-state index contributed by atoms with van der Waals surface area (Å²) >= 11 is 1.49. The molecule has 0 amide bonds. The van der Waals surface area contributed by atoms with Gasteiger partial charge in [-0.25, -0.2) is 0 Å². The van der Waals surface area contributed by atoms with Crippen LogP contribution >= 0.6 is 11.3 Å². The SMILES string of the molecule is Cc1ccsc1C(=O)/C=C/c1ccccc1. The lowest BCUT2D eigenvalue weighted by molar-refractivity contribution is 0.105. The van der Waals surface area contributed by atoms with Crippen molar-refractivity contribution in [3.05, 3.63) is 63.9 Å². The highest BCUT2D eigenvalue weighted by Crippen LogP contribution is 2.17. The number of carbonyl (C=O) groups excluding carboxylic acids is 1. The van der Waals surface area contributed by atoms with Crippen molar-refractivity contribution in [2.45, 2.75) is 6.92 Å². The minimum atomic E-state index is 0.0800. The molecule has 0 saturated carbocycles. The van der Waals surface area contributed by atoms with Gasteiger partial charge in [-0.15, -0.1) is 11.3 Å². The molecule has 0 N–H and O–H groups in total. The van der Waals surface area contributed by atoms with Gasteiger partial charge in [-0.05, 0) is 35.6 Å². The molecule has 0 fully saturated rings. The third-order valence-corrected chi connectivity index (χ3v) is 3.34. The lowest BCUT2D eigenvalue weighted by Gasteiger charge is -1.93. The molecule has 2 rings (SSSR count). The molecule has 0 aliphatic heterocycles. The molecule has 0 spiro atoms. The molecule has 1 heterocycles. The minimum absolute atomic E-state index is 0.0800. The molecule has 0 bridgehead atoms. The Morgan fingerprint density at radius 2 is 1.94 bits per heavy atom. The zero-order chi connectivity index (χ0) is 11.4. The molecule has 0 atom stereocenters. The number of hydrogen-bond acceptors (Lipinski definition) is 2. The van der Waals surface area contributed by atoms with Crippen LogP contribution < -0.4 is 0 Å². The molecule has 16 heavy (non-hydrogen) atoms. The van der Waals surface area contributed by atoms with Gasteiger partial charge < -0.3 is 0 Å². The van der Waals surface area contributed by atoms with Crippen LogP contribution in [0.15, 0.2) is 47.9 Å². The van der Waals surface area contributed by atoms with Crippen LogP contribution in [-0.2, 0) is 0 Å². The van der Waals surface area contributed by atoms with Crippen molar-refractivity contribution >= 4 is 23.2 Å². The second-order valence-electron chi connectivity index (χ2n) is 3.54. The summed E-state index contributed by atoms with van der Waals surface area (Å²) in [6.45, 7) is 1.96. The third-order valence-electron chi connectivity index (χ3n) is 2.31. The summed E-state index contributed by atoms with van der Waals surface area (Å²) in [6.07, 6.45) is 3.48. The van der Waals surface area contributed by atoms with Gasteiger partial charge in [0.05, 0.1) is 4.88 Å². The van der Waals surface area contributed by atoms with Gasteiger partial charge in [0.15, 0.2) is 5.78 Å². The second-order valence-corrected chi connectivity index (χ2v) is 4.46. The van der Waals surface area contributed by atoms with Crippen LogP contribution in [0, 0.1) is 6.92 Å². The van der Waals surface area contributed by atoms with E-state index in [0.717, 1.165) is 16.0 Å². The number of rotatable bonds is 3. The minimum Gasteiger partial charge on any atom is -0.288 e. The Morgan fingerprint density at radius 3 is 2.56 bits per heavy atom. The summed E-state index contributed by atoms with van der Waals surface area (Å²) in [4.78, 5) is 12.6. The Balaban J connectivity index is 2.15. The third kappa shape index (κ3) is 2.47. The molecule has 1 aromatic heterocycles. The van der Waals surface area contributed by atoms with Gasteiger partial charge in [-0.2, -0.15) is 0 Å². The predicted octanol–water partition coefficient (Wildman–Crippen LogP) is 3.95. The largest absolute Gasteiger partial charge is 0.288 e. The quantitative estimate of drug-likeness (QED) is 0.574.